The first-order chi connectivity index (χ1) is 9.16. The number of amidine groups is 1. The van der Waals surface area contributed by atoms with Gasteiger partial charge in [0.05, 0.1) is 12.1 Å². The van der Waals surface area contributed by atoms with Gasteiger partial charge in [-0.05, 0) is 38.0 Å². The lowest BCUT2D eigenvalue weighted by atomic mass is 9.64. The Hall–Kier alpha value is -1.08. The number of aliphatic hydroxyl groups is 1. The van der Waals surface area contributed by atoms with E-state index in [2.05, 4.69) is 11.1 Å². The Morgan fingerprint density at radius 1 is 1.21 bits per heavy atom. The topological polar surface area (TPSA) is 82.4 Å². The fourth-order valence-corrected chi connectivity index (χ4v) is 4.43. The lowest BCUT2D eigenvalue weighted by Gasteiger charge is -2.43. The van der Waals surface area contributed by atoms with Gasteiger partial charge in [-0.2, -0.15) is 5.26 Å². The van der Waals surface area contributed by atoms with E-state index >= 15 is 0 Å². The molecule has 0 bridgehead atoms. The highest BCUT2D eigenvalue weighted by atomic mass is 16.3. The Kier molecular flexibility index (Phi) is 3.26. The van der Waals surface area contributed by atoms with E-state index in [9.17, 15) is 5.11 Å². The minimum Gasteiger partial charge on any atom is -0.385 e. The van der Waals surface area contributed by atoms with Gasteiger partial charge >= 0.3 is 0 Å². The van der Waals surface area contributed by atoms with Crippen molar-refractivity contribution in [3.05, 3.63) is 0 Å². The summed E-state index contributed by atoms with van der Waals surface area (Å²) in [6, 6.07) is 2.52. The molecule has 0 amide bonds. The van der Waals surface area contributed by atoms with E-state index in [0.717, 1.165) is 32.1 Å². The number of nitrogens with two attached hydrogens (primary N) is 1. The summed E-state index contributed by atoms with van der Waals surface area (Å²) < 4.78 is 0. The molecule has 0 saturated heterocycles. The average molecular weight is 261 g/mol. The Morgan fingerprint density at radius 2 is 1.95 bits per heavy atom. The number of fused-ring (bicyclic) bond motifs is 1. The van der Waals surface area contributed by atoms with Crippen LogP contribution in [0, 0.1) is 29.1 Å². The van der Waals surface area contributed by atoms with Crippen molar-refractivity contribution in [3.63, 3.8) is 0 Å². The van der Waals surface area contributed by atoms with Gasteiger partial charge in [0.2, 0.25) is 0 Å². The summed E-state index contributed by atoms with van der Waals surface area (Å²) in [5.74, 6) is 0.844. The van der Waals surface area contributed by atoms with E-state index in [0.29, 0.717) is 5.84 Å². The van der Waals surface area contributed by atoms with Gasteiger partial charge in [0, 0.05) is 11.8 Å². The molecule has 4 nitrogen and oxygen atoms in total. The van der Waals surface area contributed by atoms with Gasteiger partial charge in [0.1, 0.15) is 11.4 Å². The number of aliphatic imine (C=N–C) groups is 1. The normalized spacial score (nSPS) is 43.4. The minimum atomic E-state index is -0.930. The van der Waals surface area contributed by atoms with Crippen molar-refractivity contribution in [2.24, 2.45) is 28.5 Å². The van der Waals surface area contributed by atoms with E-state index < -0.39 is 5.60 Å². The molecule has 2 saturated carbocycles. The van der Waals surface area contributed by atoms with Gasteiger partial charge in [-0.15, -0.1) is 0 Å². The summed E-state index contributed by atoms with van der Waals surface area (Å²) in [7, 11) is 0. The van der Waals surface area contributed by atoms with Crippen LogP contribution in [-0.4, -0.2) is 22.6 Å². The molecular weight excluding hydrogens is 238 g/mol. The summed E-state index contributed by atoms with van der Waals surface area (Å²) >= 11 is 0. The van der Waals surface area contributed by atoms with Crippen LogP contribution in [0.5, 0.6) is 0 Å². The molecule has 2 aliphatic carbocycles. The SMILES string of the molecule is N#CC1CCC2N=C(N)C(O)(C3CCCCC3)C2C1. The summed E-state index contributed by atoms with van der Waals surface area (Å²) in [5, 5.41) is 20.4. The van der Waals surface area contributed by atoms with E-state index in [1.807, 2.05) is 0 Å². The zero-order valence-corrected chi connectivity index (χ0v) is 11.4. The Morgan fingerprint density at radius 3 is 2.63 bits per heavy atom. The second-order valence-corrected chi connectivity index (χ2v) is 6.49. The molecule has 4 unspecified atom stereocenters. The van der Waals surface area contributed by atoms with E-state index in [4.69, 9.17) is 11.0 Å². The highest BCUT2D eigenvalue weighted by molar-refractivity contribution is 5.91. The smallest absolute Gasteiger partial charge is 0.129 e. The van der Waals surface area contributed by atoms with Crippen LogP contribution < -0.4 is 5.73 Å². The Bertz CT molecular complexity index is 422. The van der Waals surface area contributed by atoms with Crippen LogP contribution in [0.4, 0.5) is 0 Å². The molecule has 0 radical (unpaired) electrons. The molecule has 3 rings (SSSR count). The van der Waals surface area contributed by atoms with Gasteiger partial charge in [-0.25, -0.2) is 0 Å². The second kappa shape index (κ2) is 4.79. The fraction of sp³-hybridized carbons (Fsp3) is 0.867. The first kappa shape index (κ1) is 12.9. The van der Waals surface area contributed by atoms with Gasteiger partial charge < -0.3 is 10.8 Å². The number of rotatable bonds is 1. The van der Waals surface area contributed by atoms with Crippen molar-refractivity contribution in [2.75, 3.05) is 0 Å². The first-order valence-electron chi connectivity index (χ1n) is 7.62. The maximum Gasteiger partial charge on any atom is 0.129 e. The number of nitriles is 1. The third-order valence-corrected chi connectivity index (χ3v) is 5.50. The standard InChI is InChI=1S/C15H23N3O/c16-9-10-6-7-13-12(8-10)15(19,14(17)18-13)11-4-2-1-3-5-11/h10-13,19H,1-8H2,(H2,17,18). The molecule has 19 heavy (non-hydrogen) atoms. The lowest BCUT2D eigenvalue weighted by molar-refractivity contribution is -0.0338. The Balaban J connectivity index is 1.86. The molecule has 0 aromatic heterocycles. The largest absolute Gasteiger partial charge is 0.385 e. The van der Waals surface area contributed by atoms with Crippen LogP contribution in [0.25, 0.3) is 0 Å². The van der Waals surface area contributed by atoms with Crippen LogP contribution in [0.15, 0.2) is 4.99 Å². The van der Waals surface area contributed by atoms with Crippen molar-refractivity contribution in [1.29, 1.82) is 5.26 Å². The summed E-state index contributed by atoms with van der Waals surface area (Å²) in [5.41, 5.74) is 5.18. The molecular formula is C15H23N3O. The van der Waals surface area contributed by atoms with Gasteiger partial charge in [0.25, 0.3) is 0 Å². The molecule has 1 heterocycles. The van der Waals surface area contributed by atoms with Crippen molar-refractivity contribution in [2.45, 2.75) is 63.0 Å². The maximum absolute atomic E-state index is 11.2. The molecule has 0 aromatic rings. The summed E-state index contributed by atoms with van der Waals surface area (Å²) in [6.07, 6.45) is 8.28. The quantitative estimate of drug-likeness (QED) is 0.757. The zero-order valence-electron chi connectivity index (χ0n) is 11.4. The number of hydrogen-bond acceptors (Lipinski definition) is 4. The van der Waals surface area contributed by atoms with Crippen LogP contribution in [0.3, 0.4) is 0 Å². The molecule has 0 spiro atoms. The predicted molar refractivity (Wildman–Crippen MR) is 73.4 cm³/mol. The maximum atomic E-state index is 11.2. The number of nitrogens with zero attached hydrogens (tertiary/aromatic N) is 2. The van der Waals surface area contributed by atoms with Crippen LogP contribution >= 0.6 is 0 Å². The monoisotopic (exact) mass is 261 g/mol. The van der Waals surface area contributed by atoms with Crippen molar-refractivity contribution in [3.8, 4) is 6.07 Å². The molecule has 104 valence electrons. The van der Waals surface area contributed by atoms with Crippen molar-refractivity contribution >= 4 is 5.84 Å². The van der Waals surface area contributed by atoms with Crippen LogP contribution in [0.2, 0.25) is 0 Å². The minimum absolute atomic E-state index is 0.0671. The number of hydrogen-bond donors (Lipinski definition) is 2. The molecule has 3 N–H and O–H groups in total. The van der Waals surface area contributed by atoms with Gasteiger partial charge in [0.15, 0.2) is 0 Å². The third-order valence-electron chi connectivity index (χ3n) is 5.50. The second-order valence-electron chi connectivity index (χ2n) is 6.49. The van der Waals surface area contributed by atoms with Crippen molar-refractivity contribution in [1.82, 2.24) is 0 Å². The van der Waals surface area contributed by atoms with Crippen LogP contribution in [-0.2, 0) is 0 Å². The summed E-state index contributed by atoms with van der Waals surface area (Å²) in [6.45, 7) is 0. The van der Waals surface area contributed by atoms with Gasteiger partial charge in [-0.1, -0.05) is 19.3 Å². The lowest BCUT2D eigenvalue weighted by Crippen LogP contribution is -2.55. The average Bonchev–Trinajstić information content (AvgIpc) is 2.72. The zero-order chi connectivity index (χ0) is 13.5. The fourth-order valence-electron chi connectivity index (χ4n) is 4.43. The highest BCUT2D eigenvalue weighted by Crippen LogP contribution is 2.48. The van der Waals surface area contributed by atoms with Crippen LogP contribution in [0.1, 0.15) is 51.4 Å². The molecule has 1 aliphatic heterocycles. The Labute approximate surface area is 114 Å². The molecule has 3 aliphatic rings. The first-order valence-corrected chi connectivity index (χ1v) is 7.62. The van der Waals surface area contributed by atoms with Crippen molar-refractivity contribution < 1.29 is 5.11 Å². The van der Waals surface area contributed by atoms with E-state index in [-0.39, 0.29) is 23.8 Å². The predicted octanol–water partition coefficient (Wildman–Crippen LogP) is 1.98. The van der Waals surface area contributed by atoms with E-state index in [1.165, 1.54) is 19.3 Å². The molecule has 2 fully saturated rings. The molecule has 4 atom stereocenters. The third kappa shape index (κ3) is 1.95. The van der Waals surface area contributed by atoms with E-state index in [1.54, 1.807) is 0 Å². The summed E-state index contributed by atoms with van der Waals surface area (Å²) in [4.78, 5) is 4.54. The molecule has 0 aromatic carbocycles. The molecule has 4 heteroatoms. The highest BCUT2D eigenvalue weighted by Gasteiger charge is 2.55. The van der Waals surface area contributed by atoms with Gasteiger partial charge in [-0.3, -0.25) is 4.99 Å².